The third-order valence-corrected chi connectivity index (χ3v) is 3.93. The molecular weight excluding hydrogens is 308 g/mol. The van der Waals surface area contributed by atoms with Crippen LogP contribution in [0.3, 0.4) is 0 Å². The molecule has 0 aromatic carbocycles. The van der Waals surface area contributed by atoms with E-state index in [0.29, 0.717) is 5.76 Å². The van der Waals surface area contributed by atoms with Gasteiger partial charge in [0, 0.05) is 4.88 Å². The lowest BCUT2D eigenvalue weighted by molar-refractivity contribution is -0.402. The Hall–Kier alpha value is -1.18. The van der Waals surface area contributed by atoms with Crippen LogP contribution in [0.5, 0.6) is 0 Å². The van der Waals surface area contributed by atoms with Crippen molar-refractivity contribution in [1.29, 1.82) is 0 Å². The summed E-state index contributed by atoms with van der Waals surface area (Å²) in [6.45, 7) is 1.95. The molecule has 0 radical (unpaired) electrons. The molecule has 5 nitrogen and oxygen atoms in total. The third kappa shape index (κ3) is 2.41. The molecule has 0 bridgehead atoms. The van der Waals surface area contributed by atoms with Crippen molar-refractivity contribution in [3.8, 4) is 0 Å². The van der Waals surface area contributed by atoms with E-state index in [1.54, 1.807) is 11.3 Å². The molecule has 0 aliphatic rings. The van der Waals surface area contributed by atoms with Gasteiger partial charge in [-0.25, -0.2) is 0 Å². The van der Waals surface area contributed by atoms with Crippen LogP contribution in [0.2, 0.25) is 0 Å². The maximum atomic E-state index is 10.5. The molecular formula is C10H9BrN2O3S. The number of thiophene rings is 1. The monoisotopic (exact) mass is 316 g/mol. The molecule has 2 rings (SSSR count). The lowest BCUT2D eigenvalue weighted by atomic mass is 10.1. The van der Waals surface area contributed by atoms with Crippen molar-refractivity contribution in [2.24, 2.45) is 5.73 Å². The maximum absolute atomic E-state index is 10.5. The molecule has 0 saturated carbocycles. The van der Waals surface area contributed by atoms with Gasteiger partial charge in [0.05, 0.1) is 15.9 Å². The third-order valence-electron chi connectivity index (χ3n) is 2.36. The van der Waals surface area contributed by atoms with Crippen molar-refractivity contribution in [2.45, 2.75) is 13.0 Å². The molecule has 2 heterocycles. The van der Waals surface area contributed by atoms with E-state index in [0.717, 1.165) is 14.2 Å². The van der Waals surface area contributed by atoms with Crippen LogP contribution in [-0.2, 0) is 0 Å². The molecule has 0 amide bonds. The highest BCUT2D eigenvalue weighted by Crippen LogP contribution is 2.33. The first-order valence-electron chi connectivity index (χ1n) is 4.74. The Bertz CT molecular complexity index is 564. The first kappa shape index (κ1) is 12.3. The molecule has 90 valence electrons. The van der Waals surface area contributed by atoms with Crippen LogP contribution in [-0.4, -0.2) is 4.92 Å². The Labute approximate surface area is 110 Å². The molecule has 0 aliphatic carbocycles. The predicted molar refractivity (Wildman–Crippen MR) is 68.1 cm³/mol. The van der Waals surface area contributed by atoms with E-state index in [1.165, 1.54) is 12.1 Å². The number of aryl methyl sites for hydroxylation is 1. The minimum Gasteiger partial charge on any atom is -0.404 e. The van der Waals surface area contributed by atoms with Gasteiger partial charge in [-0.15, -0.1) is 11.3 Å². The van der Waals surface area contributed by atoms with Crippen molar-refractivity contribution in [2.75, 3.05) is 0 Å². The van der Waals surface area contributed by atoms with Crippen LogP contribution in [0.4, 0.5) is 5.88 Å². The molecule has 7 heteroatoms. The Morgan fingerprint density at radius 3 is 2.76 bits per heavy atom. The van der Waals surface area contributed by atoms with E-state index in [1.807, 2.05) is 13.0 Å². The molecule has 0 fully saturated rings. The van der Waals surface area contributed by atoms with Gasteiger partial charge in [0.25, 0.3) is 0 Å². The Morgan fingerprint density at radius 1 is 1.59 bits per heavy atom. The molecule has 17 heavy (non-hydrogen) atoms. The summed E-state index contributed by atoms with van der Waals surface area (Å²) in [5.41, 5.74) is 6.92. The van der Waals surface area contributed by atoms with Crippen LogP contribution in [0.1, 0.15) is 22.2 Å². The fourth-order valence-electron chi connectivity index (χ4n) is 1.53. The average Bonchev–Trinajstić information content (AvgIpc) is 2.84. The lowest BCUT2D eigenvalue weighted by Gasteiger charge is -2.07. The van der Waals surface area contributed by atoms with Crippen molar-refractivity contribution in [1.82, 2.24) is 0 Å². The van der Waals surface area contributed by atoms with Crippen LogP contribution in [0, 0.1) is 17.0 Å². The van der Waals surface area contributed by atoms with Crippen molar-refractivity contribution in [3.63, 3.8) is 0 Å². The number of halogens is 1. The fourth-order valence-corrected chi connectivity index (χ4v) is 3.29. The number of hydrogen-bond donors (Lipinski definition) is 1. The summed E-state index contributed by atoms with van der Waals surface area (Å²) in [6.07, 6.45) is 0. The number of rotatable bonds is 3. The molecule has 2 N–H and O–H groups in total. The second kappa shape index (κ2) is 4.59. The quantitative estimate of drug-likeness (QED) is 0.695. The second-order valence-corrected chi connectivity index (χ2v) is 6.11. The van der Waals surface area contributed by atoms with Crippen molar-refractivity contribution < 1.29 is 9.34 Å². The van der Waals surface area contributed by atoms with Gasteiger partial charge in [-0.1, -0.05) is 0 Å². The maximum Gasteiger partial charge on any atom is 0.433 e. The highest BCUT2D eigenvalue weighted by molar-refractivity contribution is 9.11. The van der Waals surface area contributed by atoms with Gasteiger partial charge in [0.1, 0.15) is 10.7 Å². The van der Waals surface area contributed by atoms with Crippen LogP contribution < -0.4 is 5.73 Å². The van der Waals surface area contributed by atoms with Gasteiger partial charge in [-0.2, -0.15) is 0 Å². The topological polar surface area (TPSA) is 82.3 Å². The second-order valence-electron chi connectivity index (χ2n) is 3.47. The predicted octanol–water partition coefficient (Wildman–Crippen LogP) is 3.37. The van der Waals surface area contributed by atoms with E-state index in [4.69, 9.17) is 10.2 Å². The van der Waals surface area contributed by atoms with Crippen LogP contribution in [0.15, 0.2) is 26.4 Å². The first-order chi connectivity index (χ1) is 7.99. The van der Waals surface area contributed by atoms with E-state index in [9.17, 15) is 10.1 Å². The number of nitrogens with zero attached hydrogens (tertiary/aromatic N) is 1. The number of nitro groups is 1. The summed E-state index contributed by atoms with van der Waals surface area (Å²) in [7, 11) is 0. The Morgan fingerprint density at radius 2 is 2.29 bits per heavy atom. The van der Waals surface area contributed by atoms with Crippen molar-refractivity contribution in [3.05, 3.63) is 48.3 Å². The van der Waals surface area contributed by atoms with Gasteiger partial charge in [0.15, 0.2) is 0 Å². The van der Waals surface area contributed by atoms with Crippen molar-refractivity contribution >= 4 is 33.2 Å². The summed E-state index contributed by atoms with van der Waals surface area (Å²) in [4.78, 5) is 11.0. The zero-order chi connectivity index (χ0) is 12.6. The lowest BCUT2D eigenvalue weighted by Crippen LogP contribution is -2.10. The van der Waals surface area contributed by atoms with Gasteiger partial charge in [-0.05, 0) is 40.5 Å². The molecule has 2 aromatic rings. The molecule has 0 aliphatic heterocycles. The van der Waals surface area contributed by atoms with Gasteiger partial charge < -0.3 is 10.2 Å². The molecule has 1 atom stereocenters. The van der Waals surface area contributed by atoms with Gasteiger partial charge in [-0.3, -0.25) is 10.1 Å². The zero-order valence-electron chi connectivity index (χ0n) is 8.84. The van der Waals surface area contributed by atoms with E-state index in [2.05, 4.69) is 15.9 Å². The first-order valence-corrected chi connectivity index (χ1v) is 6.35. The van der Waals surface area contributed by atoms with Gasteiger partial charge in [0.2, 0.25) is 0 Å². The van der Waals surface area contributed by atoms with Crippen LogP contribution in [0.25, 0.3) is 0 Å². The van der Waals surface area contributed by atoms with E-state index < -0.39 is 11.0 Å². The van der Waals surface area contributed by atoms with Crippen LogP contribution >= 0.6 is 27.3 Å². The molecule has 0 spiro atoms. The Balaban J connectivity index is 2.33. The summed E-state index contributed by atoms with van der Waals surface area (Å²) in [5, 5.41) is 10.5. The molecule has 2 aromatic heterocycles. The number of nitrogens with two attached hydrogens (primary N) is 1. The van der Waals surface area contributed by atoms with E-state index in [-0.39, 0.29) is 5.88 Å². The molecule has 0 saturated heterocycles. The summed E-state index contributed by atoms with van der Waals surface area (Å²) in [6, 6.07) is 4.27. The average molecular weight is 317 g/mol. The molecule has 1 unspecified atom stereocenters. The standard InChI is InChI=1S/C10H9BrN2O3S/c1-5-6(4-8(11)17-5)10(12)7-2-3-9(16-7)13(14)15/h2-4,10H,12H2,1H3. The number of furan rings is 1. The largest absolute Gasteiger partial charge is 0.433 e. The fraction of sp³-hybridized carbons (Fsp3) is 0.200. The number of hydrogen-bond acceptors (Lipinski definition) is 5. The van der Waals surface area contributed by atoms with E-state index >= 15 is 0 Å². The summed E-state index contributed by atoms with van der Waals surface area (Å²) in [5.74, 6) is 0.104. The summed E-state index contributed by atoms with van der Waals surface area (Å²) >= 11 is 4.94. The summed E-state index contributed by atoms with van der Waals surface area (Å²) < 4.78 is 6.06. The SMILES string of the molecule is Cc1sc(Br)cc1C(N)c1ccc([N+](=O)[O-])o1. The highest BCUT2D eigenvalue weighted by Gasteiger charge is 2.20. The minimum atomic E-state index is -0.577. The van der Waals surface area contributed by atoms with Gasteiger partial charge >= 0.3 is 5.88 Å². The zero-order valence-corrected chi connectivity index (χ0v) is 11.2. The Kier molecular flexibility index (Phi) is 3.32. The normalized spacial score (nSPS) is 12.6. The smallest absolute Gasteiger partial charge is 0.404 e. The minimum absolute atomic E-state index is 0.289. The highest BCUT2D eigenvalue weighted by atomic mass is 79.9.